The highest BCUT2D eigenvalue weighted by atomic mass is 15.2. The van der Waals surface area contributed by atoms with Crippen LogP contribution in [0.2, 0.25) is 0 Å². The van der Waals surface area contributed by atoms with Crippen molar-refractivity contribution >= 4 is 11.6 Å². The zero-order chi connectivity index (χ0) is 15.5. The van der Waals surface area contributed by atoms with E-state index < -0.39 is 0 Å². The highest BCUT2D eigenvalue weighted by Gasteiger charge is 2.30. The molecule has 0 amide bonds. The van der Waals surface area contributed by atoms with Gasteiger partial charge >= 0.3 is 0 Å². The molecule has 0 atom stereocenters. The number of rotatable bonds is 5. The Balaban J connectivity index is 2.26. The fourth-order valence-corrected chi connectivity index (χ4v) is 3.09. The van der Waals surface area contributed by atoms with E-state index in [2.05, 4.69) is 54.8 Å². The van der Waals surface area contributed by atoms with Crippen LogP contribution in [0, 0.1) is 5.41 Å². The standard InChI is InChI=1S/C17H30N4/c1-6-17(5)8-10-21(11-9-17)16-14(13(3)4)15(18-7-2)19-12-20-16/h12-13H,6-11H2,1-5H3,(H,18,19,20). The molecule has 2 rings (SSSR count). The van der Waals surface area contributed by atoms with Crippen LogP contribution in [0.4, 0.5) is 11.6 Å². The van der Waals surface area contributed by atoms with E-state index >= 15 is 0 Å². The number of nitrogens with zero attached hydrogens (tertiary/aromatic N) is 3. The van der Waals surface area contributed by atoms with E-state index in [0.717, 1.165) is 31.3 Å². The maximum Gasteiger partial charge on any atom is 0.137 e. The Bertz CT molecular complexity index is 462. The van der Waals surface area contributed by atoms with Gasteiger partial charge in [-0.15, -0.1) is 0 Å². The van der Waals surface area contributed by atoms with Crippen molar-refractivity contribution in [2.75, 3.05) is 29.9 Å². The molecule has 0 radical (unpaired) electrons. The second-order valence-corrected chi connectivity index (χ2v) is 6.80. The largest absolute Gasteiger partial charge is 0.370 e. The highest BCUT2D eigenvalue weighted by molar-refractivity contribution is 5.60. The third-order valence-electron chi connectivity index (χ3n) is 4.91. The quantitative estimate of drug-likeness (QED) is 0.888. The fourth-order valence-electron chi connectivity index (χ4n) is 3.09. The first-order chi connectivity index (χ1) is 10.0. The van der Waals surface area contributed by atoms with E-state index in [1.807, 2.05) is 0 Å². The molecule has 1 aromatic heterocycles. The zero-order valence-corrected chi connectivity index (χ0v) is 14.2. The second-order valence-electron chi connectivity index (χ2n) is 6.80. The Labute approximate surface area is 129 Å². The van der Waals surface area contributed by atoms with Crippen LogP contribution in [0.3, 0.4) is 0 Å². The molecule has 0 aliphatic carbocycles. The van der Waals surface area contributed by atoms with E-state index in [0.29, 0.717) is 11.3 Å². The van der Waals surface area contributed by atoms with Gasteiger partial charge < -0.3 is 10.2 Å². The molecule has 1 N–H and O–H groups in total. The van der Waals surface area contributed by atoms with Gasteiger partial charge in [-0.05, 0) is 31.1 Å². The third-order valence-corrected chi connectivity index (χ3v) is 4.91. The number of nitrogens with one attached hydrogen (secondary N) is 1. The van der Waals surface area contributed by atoms with Gasteiger partial charge in [-0.3, -0.25) is 0 Å². The molecule has 21 heavy (non-hydrogen) atoms. The minimum absolute atomic E-state index is 0.426. The number of hydrogen-bond acceptors (Lipinski definition) is 4. The number of anilines is 2. The summed E-state index contributed by atoms with van der Waals surface area (Å²) in [5, 5.41) is 3.39. The van der Waals surface area contributed by atoms with Crippen LogP contribution >= 0.6 is 0 Å². The molecule has 1 saturated heterocycles. The first-order valence-corrected chi connectivity index (χ1v) is 8.34. The summed E-state index contributed by atoms with van der Waals surface area (Å²) >= 11 is 0. The normalized spacial score (nSPS) is 18.1. The Morgan fingerprint density at radius 3 is 2.43 bits per heavy atom. The van der Waals surface area contributed by atoms with Crippen molar-refractivity contribution < 1.29 is 0 Å². The molecule has 1 aliphatic rings. The fraction of sp³-hybridized carbons (Fsp3) is 0.765. The van der Waals surface area contributed by atoms with Gasteiger partial charge in [0, 0.05) is 25.2 Å². The molecule has 1 aliphatic heterocycles. The molecule has 4 nitrogen and oxygen atoms in total. The highest BCUT2D eigenvalue weighted by Crippen LogP contribution is 2.38. The average molecular weight is 290 g/mol. The Morgan fingerprint density at radius 2 is 1.90 bits per heavy atom. The van der Waals surface area contributed by atoms with Crippen LogP contribution in [-0.4, -0.2) is 29.6 Å². The van der Waals surface area contributed by atoms with Crippen molar-refractivity contribution in [3.8, 4) is 0 Å². The molecular weight excluding hydrogens is 260 g/mol. The van der Waals surface area contributed by atoms with E-state index in [4.69, 9.17) is 0 Å². The van der Waals surface area contributed by atoms with Crippen molar-refractivity contribution in [1.29, 1.82) is 0 Å². The lowest BCUT2D eigenvalue weighted by molar-refractivity contribution is 0.237. The number of hydrogen-bond donors (Lipinski definition) is 1. The maximum absolute atomic E-state index is 4.61. The molecule has 2 heterocycles. The van der Waals surface area contributed by atoms with Crippen LogP contribution in [0.1, 0.15) is 65.4 Å². The molecule has 1 aromatic rings. The van der Waals surface area contributed by atoms with E-state index in [1.54, 1.807) is 6.33 Å². The molecule has 0 aromatic carbocycles. The summed E-state index contributed by atoms with van der Waals surface area (Å²) in [6, 6.07) is 0. The van der Waals surface area contributed by atoms with Crippen LogP contribution < -0.4 is 10.2 Å². The molecular formula is C17H30N4. The van der Waals surface area contributed by atoms with Gasteiger partial charge in [0.25, 0.3) is 0 Å². The van der Waals surface area contributed by atoms with Crippen molar-refractivity contribution in [2.24, 2.45) is 5.41 Å². The van der Waals surface area contributed by atoms with Gasteiger partial charge in [-0.2, -0.15) is 0 Å². The van der Waals surface area contributed by atoms with Gasteiger partial charge in [0.1, 0.15) is 18.0 Å². The van der Waals surface area contributed by atoms with Gasteiger partial charge in [-0.1, -0.05) is 34.1 Å². The lowest BCUT2D eigenvalue weighted by Crippen LogP contribution is -2.39. The first-order valence-electron chi connectivity index (χ1n) is 8.34. The maximum atomic E-state index is 4.61. The summed E-state index contributed by atoms with van der Waals surface area (Å²) in [5.41, 5.74) is 1.77. The summed E-state index contributed by atoms with van der Waals surface area (Å²) in [6.07, 6.45) is 5.47. The average Bonchev–Trinajstić information content (AvgIpc) is 2.48. The van der Waals surface area contributed by atoms with Crippen LogP contribution in [0.5, 0.6) is 0 Å². The second kappa shape index (κ2) is 6.63. The first kappa shape index (κ1) is 16.1. The van der Waals surface area contributed by atoms with Crippen molar-refractivity contribution in [3.63, 3.8) is 0 Å². The van der Waals surface area contributed by atoms with Gasteiger partial charge in [0.05, 0.1) is 0 Å². The Hall–Kier alpha value is -1.32. The predicted octanol–water partition coefficient (Wildman–Crippen LogP) is 4.05. The lowest BCUT2D eigenvalue weighted by Gasteiger charge is -2.40. The minimum Gasteiger partial charge on any atom is -0.370 e. The Morgan fingerprint density at radius 1 is 1.24 bits per heavy atom. The van der Waals surface area contributed by atoms with Gasteiger partial charge in [0.2, 0.25) is 0 Å². The minimum atomic E-state index is 0.426. The summed E-state index contributed by atoms with van der Waals surface area (Å²) < 4.78 is 0. The molecule has 4 heteroatoms. The topological polar surface area (TPSA) is 41.1 Å². The van der Waals surface area contributed by atoms with Gasteiger partial charge in [-0.25, -0.2) is 9.97 Å². The molecule has 0 spiro atoms. The van der Waals surface area contributed by atoms with Crippen molar-refractivity contribution in [1.82, 2.24) is 9.97 Å². The van der Waals surface area contributed by atoms with Crippen LogP contribution in [0.25, 0.3) is 0 Å². The van der Waals surface area contributed by atoms with Crippen molar-refractivity contribution in [2.45, 2.75) is 59.8 Å². The summed E-state index contributed by atoms with van der Waals surface area (Å²) in [7, 11) is 0. The Kier molecular flexibility index (Phi) is 5.07. The zero-order valence-electron chi connectivity index (χ0n) is 14.2. The monoisotopic (exact) mass is 290 g/mol. The summed E-state index contributed by atoms with van der Waals surface area (Å²) in [5.74, 6) is 2.56. The molecule has 0 bridgehead atoms. The third kappa shape index (κ3) is 3.47. The predicted molar refractivity (Wildman–Crippen MR) is 90.1 cm³/mol. The molecule has 1 fully saturated rings. The van der Waals surface area contributed by atoms with E-state index in [-0.39, 0.29) is 0 Å². The lowest BCUT2D eigenvalue weighted by atomic mass is 9.78. The molecule has 0 saturated carbocycles. The summed E-state index contributed by atoms with van der Waals surface area (Å²) in [4.78, 5) is 11.5. The van der Waals surface area contributed by atoms with Crippen LogP contribution in [0.15, 0.2) is 6.33 Å². The van der Waals surface area contributed by atoms with E-state index in [9.17, 15) is 0 Å². The molecule has 0 unspecified atom stereocenters. The van der Waals surface area contributed by atoms with Gasteiger partial charge in [0.15, 0.2) is 0 Å². The van der Waals surface area contributed by atoms with E-state index in [1.165, 1.54) is 24.8 Å². The van der Waals surface area contributed by atoms with Crippen LogP contribution in [-0.2, 0) is 0 Å². The number of piperidine rings is 1. The summed E-state index contributed by atoms with van der Waals surface area (Å²) in [6.45, 7) is 14.4. The van der Waals surface area contributed by atoms with Crippen molar-refractivity contribution in [3.05, 3.63) is 11.9 Å². The number of aromatic nitrogens is 2. The SMILES string of the molecule is CCNc1ncnc(N2CCC(C)(CC)CC2)c1C(C)C. The smallest absolute Gasteiger partial charge is 0.137 e. The molecule has 118 valence electrons.